The SMILES string of the molecule is CCC(=O)NCCn1nc(C(F)(F)F)c2c1CCOC2. The molecule has 0 spiro atoms. The molecule has 0 bridgehead atoms. The van der Waals surface area contributed by atoms with Crippen LogP contribution in [-0.4, -0.2) is 28.8 Å². The highest BCUT2D eigenvalue weighted by atomic mass is 19.4. The summed E-state index contributed by atoms with van der Waals surface area (Å²) < 4.78 is 45.1. The molecular formula is C12H16F3N3O2. The molecule has 112 valence electrons. The lowest BCUT2D eigenvalue weighted by molar-refractivity contribution is -0.142. The number of rotatable bonds is 4. The zero-order valence-corrected chi connectivity index (χ0v) is 11.1. The molecule has 2 heterocycles. The van der Waals surface area contributed by atoms with E-state index in [1.165, 1.54) is 4.68 Å². The molecule has 2 rings (SSSR count). The molecule has 1 amide bonds. The fourth-order valence-electron chi connectivity index (χ4n) is 2.15. The molecule has 1 aromatic heterocycles. The van der Waals surface area contributed by atoms with Crippen molar-refractivity contribution >= 4 is 5.91 Å². The minimum atomic E-state index is -4.48. The highest BCUT2D eigenvalue weighted by Crippen LogP contribution is 2.34. The van der Waals surface area contributed by atoms with E-state index >= 15 is 0 Å². The fraction of sp³-hybridized carbons (Fsp3) is 0.667. The largest absolute Gasteiger partial charge is 0.435 e. The van der Waals surface area contributed by atoms with Gasteiger partial charge in [-0.3, -0.25) is 9.48 Å². The first-order valence-electron chi connectivity index (χ1n) is 6.43. The van der Waals surface area contributed by atoms with E-state index in [2.05, 4.69) is 10.4 Å². The Morgan fingerprint density at radius 1 is 1.50 bits per heavy atom. The Labute approximate surface area is 114 Å². The van der Waals surface area contributed by atoms with E-state index in [-0.39, 0.29) is 31.2 Å². The molecule has 20 heavy (non-hydrogen) atoms. The van der Waals surface area contributed by atoms with Crippen molar-refractivity contribution in [3.63, 3.8) is 0 Å². The standard InChI is InChI=1S/C12H16F3N3O2/c1-2-10(19)16-4-5-18-9-3-6-20-7-8(9)11(17-18)12(13,14)15/h2-7H2,1H3,(H,16,19). The van der Waals surface area contributed by atoms with Crippen LogP contribution in [0.4, 0.5) is 13.2 Å². The first-order chi connectivity index (χ1) is 9.43. The number of aromatic nitrogens is 2. The molecule has 0 radical (unpaired) electrons. The molecule has 0 aromatic carbocycles. The van der Waals surface area contributed by atoms with Crippen LogP contribution in [0.1, 0.15) is 30.3 Å². The third-order valence-electron chi connectivity index (χ3n) is 3.13. The average Bonchev–Trinajstić information content (AvgIpc) is 2.78. The Balaban J connectivity index is 2.16. The van der Waals surface area contributed by atoms with Crippen molar-refractivity contribution in [2.75, 3.05) is 13.2 Å². The Bertz CT molecular complexity index is 497. The number of nitrogens with zero attached hydrogens (tertiary/aromatic N) is 2. The fourth-order valence-corrected chi connectivity index (χ4v) is 2.15. The molecule has 0 atom stereocenters. The van der Waals surface area contributed by atoms with Crippen molar-refractivity contribution in [1.82, 2.24) is 15.1 Å². The zero-order chi connectivity index (χ0) is 14.8. The lowest BCUT2D eigenvalue weighted by atomic mass is 10.1. The van der Waals surface area contributed by atoms with Crippen molar-refractivity contribution in [2.45, 2.75) is 39.1 Å². The third kappa shape index (κ3) is 3.12. The quantitative estimate of drug-likeness (QED) is 0.914. The number of alkyl halides is 3. The third-order valence-corrected chi connectivity index (χ3v) is 3.13. The molecule has 0 unspecified atom stereocenters. The predicted octanol–water partition coefficient (Wildman–Crippen LogP) is 1.50. The Morgan fingerprint density at radius 3 is 2.90 bits per heavy atom. The van der Waals surface area contributed by atoms with Gasteiger partial charge >= 0.3 is 6.18 Å². The van der Waals surface area contributed by atoms with Crippen LogP contribution < -0.4 is 5.32 Å². The van der Waals surface area contributed by atoms with Crippen LogP contribution in [0.25, 0.3) is 0 Å². The lowest BCUT2D eigenvalue weighted by Gasteiger charge is -2.15. The van der Waals surface area contributed by atoms with Gasteiger partial charge in [-0.1, -0.05) is 6.92 Å². The van der Waals surface area contributed by atoms with E-state index in [9.17, 15) is 18.0 Å². The maximum atomic E-state index is 12.9. The van der Waals surface area contributed by atoms with Gasteiger partial charge in [0.2, 0.25) is 5.91 Å². The summed E-state index contributed by atoms with van der Waals surface area (Å²) in [5.41, 5.74) is -0.214. The van der Waals surface area contributed by atoms with Crippen LogP contribution in [0.15, 0.2) is 0 Å². The molecule has 0 fully saturated rings. The summed E-state index contributed by atoms with van der Waals surface area (Å²) in [6, 6.07) is 0. The normalized spacial score (nSPS) is 15.0. The minimum Gasteiger partial charge on any atom is -0.376 e. The maximum absolute atomic E-state index is 12.9. The van der Waals surface area contributed by atoms with Crippen molar-refractivity contribution in [3.8, 4) is 0 Å². The predicted molar refractivity (Wildman–Crippen MR) is 63.9 cm³/mol. The van der Waals surface area contributed by atoms with Gasteiger partial charge in [-0.25, -0.2) is 0 Å². The molecule has 1 aliphatic heterocycles. The maximum Gasteiger partial charge on any atom is 0.435 e. The van der Waals surface area contributed by atoms with E-state index in [1.807, 2.05) is 0 Å². The van der Waals surface area contributed by atoms with Crippen molar-refractivity contribution in [2.24, 2.45) is 0 Å². The van der Waals surface area contributed by atoms with Crippen LogP contribution in [-0.2, 0) is 35.3 Å². The molecule has 1 aliphatic rings. The number of carbonyl (C=O) groups is 1. The Kier molecular flexibility index (Phi) is 4.32. The van der Waals surface area contributed by atoms with Crippen LogP contribution in [0.5, 0.6) is 0 Å². The Hall–Kier alpha value is -1.57. The molecule has 1 aromatic rings. The van der Waals surface area contributed by atoms with Crippen molar-refractivity contribution in [3.05, 3.63) is 17.0 Å². The van der Waals surface area contributed by atoms with Crippen LogP contribution in [0.2, 0.25) is 0 Å². The molecule has 0 aliphatic carbocycles. The van der Waals surface area contributed by atoms with Gasteiger partial charge in [0.1, 0.15) is 0 Å². The first kappa shape index (κ1) is 14.8. The second-order valence-electron chi connectivity index (χ2n) is 4.50. The van der Waals surface area contributed by atoms with E-state index in [0.717, 1.165) is 0 Å². The number of ether oxygens (including phenoxy) is 1. The molecule has 0 saturated carbocycles. The second kappa shape index (κ2) is 5.82. The molecular weight excluding hydrogens is 275 g/mol. The van der Waals surface area contributed by atoms with Gasteiger partial charge in [0.15, 0.2) is 5.69 Å². The van der Waals surface area contributed by atoms with Gasteiger partial charge in [0.25, 0.3) is 0 Å². The number of nitrogens with one attached hydrogen (secondary N) is 1. The van der Waals surface area contributed by atoms with Gasteiger partial charge in [0, 0.05) is 30.6 Å². The van der Waals surface area contributed by atoms with Gasteiger partial charge in [-0.2, -0.15) is 18.3 Å². The van der Waals surface area contributed by atoms with E-state index in [4.69, 9.17) is 4.74 Å². The summed E-state index contributed by atoms with van der Waals surface area (Å²) >= 11 is 0. The number of amides is 1. The topological polar surface area (TPSA) is 56.2 Å². The van der Waals surface area contributed by atoms with Crippen molar-refractivity contribution < 1.29 is 22.7 Å². The van der Waals surface area contributed by atoms with Crippen LogP contribution in [0, 0.1) is 0 Å². The zero-order valence-electron chi connectivity index (χ0n) is 11.1. The first-order valence-corrected chi connectivity index (χ1v) is 6.43. The Morgan fingerprint density at radius 2 is 2.25 bits per heavy atom. The van der Waals surface area contributed by atoms with Gasteiger partial charge < -0.3 is 10.1 Å². The highest BCUT2D eigenvalue weighted by molar-refractivity contribution is 5.75. The molecule has 1 N–H and O–H groups in total. The lowest BCUT2D eigenvalue weighted by Crippen LogP contribution is -2.27. The second-order valence-corrected chi connectivity index (χ2v) is 4.50. The van der Waals surface area contributed by atoms with Gasteiger partial charge in [-0.05, 0) is 0 Å². The summed E-state index contributed by atoms with van der Waals surface area (Å²) in [4.78, 5) is 11.1. The summed E-state index contributed by atoms with van der Waals surface area (Å²) in [6.45, 7) is 2.52. The average molecular weight is 291 g/mol. The van der Waals surface area contributed by atoms with Gasteiger partial charge in [-0.15, -0.1) is 0 Å². The number of fused-ring (bicyclic) bond motifs is 1. The van der Waals surface area contributed by atoms with E-state index in [0.29, 0.717) is 25.1 Å². The van der Waals surface area contributed by atoms with Crippen molar-refractivity contribution in [1.29, 1.82) is 0 Å². The number of halogens is 3. The van der Waals surface area contributed by atoms with Crippen LogP contribution in [0.3, 0.4) is 0 Å². The highest BCUT2D eigenvalue weighted by Gasteiger charge is 2.39. The van der Waals surface area contributed by atoms with E-state index in [1.54, 1.807) is 6.92 Å². The van der Waals surface area contributed by atoms with E-state index < -0.39 is 11.9 Å². The number of hydrogen-bond donors (Lipinski definition) is 1. The summed E-state index contributed by atoms with van der Waals surface area (Å²) in [6.07, 6.45) is -3.73. The summed E-state index contributed by atoms with van der Waals surface area (Å²) in [5.74, 6) is -0.134. The molecule has 5 nitrogen and oxygen atoms in total. The monoisotopic (exact) mass is 291 g/mol. The molecule has 0 saturated heterocycles. The summed E-state index contributed by atoms with van der Waals surface area (Å²) in [5, 5.41) is 6.27. The summed E-state index contributed by atoms with van der Waals surface area (Å²) in [7, 11) is 0. The van der Waals surface area contributed by atoms with Crippen LogP contribution >= 0.6 is 0 Å². The number of carbonyl (C=O) groups excluding carboxylic acids is 1. The minimum absolute atomic E-state index is 0.0640. The number of hydrogen-bond acceptors (Lipinski definition) is 3. The van der Waals surface area contributed by atoms with Gasteiger partial charge in [0.05, 0.1) is 19.8 Å². The molecule has 8 heteroatoms. The smallest absolute Gasteiger partial charge is 0.376 e.